The fraction of sp³-hybridized carbons (Fsp3) is 0.944. The number of unbranched alkanes of at least 4 members (excludes halogenated alkanes) is 5. The summed E-state index contributed by atoms with van der Waals surface area (Å²) in [5.41, 5.74) is 0. The SMILES string of the molecule is CCCCCCCCOC(=O)CCCOCCOCCOCC. The van der Waals surface area contributed by atoms with E-state index in [-0.39, 0.29) is 5.97 Å². The number of ether oxygens (including phenoxy) is 4. The van der Waals surface area contributed by atoms with Crippen molar-refractivity contribution in [3.05, 3.63) is 0 Å². The van der Waals surface area contributed by atoms with Gasteiger partial charge in [0.1, 0.15) is 0 Å². The lowest BCUT2D eigenvalue weighted by Gasteiger charge is -2.07. The molecule has 0 saturated carbocycles. The lowest BCUT2D eigenvalue weighted by molar-refractivity contribution is -0.144. The molecule has 0 fully saturated rings. The summed E-state index contributed by atoms with van der Waals surface area (Å²) >= 11 is 0. The second-order valence-corrected chi connectivity index (χ2v) is 5.51. The van der Waals surface area contributed by atoms with E-state index in [1.165, 1.54) is 25.7 Å². The van der Waals surface area contributed by atoms with Gasteiger partial charge in [0.25, 0.3) is 0 Å². The van der Waals surface area contributed by atoms with Crippen LogP contribution in [-0.2, 0) is 23.7 Å². The van der Waals surface area contributed by atoms with E-state index in [1.54, 1.807) is 0 Å². The highest BCUT2D eigenvalue weighted by Gasteiger charge is 2.02. The minimum absolute atomic E-state index is 0.116. The maximum absolute atomic E-state index is 11.5. The van der Waals surface area contributed by atoms with Gasteiger partial charge in [-0.3, -0.25) is 4.79 Å². The highest BCUT2D eigenvalue weighted by atomic mass is 16.5. The first-order chi connectivity index (χ1) is 11.3. The molecule has 0 amide bonds. The van der Waals surface area contributed by atoms with Crippen molar-refractivity contribution in [3.63, 3.8) is 0 Å². The summed E-state index contributed by atoms with van der Waals surface area (Å²) in [5.74, 6) is -0.116. The molecule has 0 aromatic carbocycles. The minimum atomic E-state index is -0.116. The van der Waals surface area contributed by atoms with Gasteiger partial charge in [0.05, 0.1) is 33.0 Å². The van der Waals surface area contributed by atoms with Crippen molar-refractivity contribution in [2.75, 3.05) is 46.2 Å². The number of carbonyl (C=O) groups is 1. The monoisotopic (exact) mass is 332 g/mol. The number of carbonyl (C=O) groups excluding carboxylic acids is 1. The zero-order chi connectivity index (χ0) is 17.0. The lowest BCUT2D eigenvalue weighted by atomic mass is 10.1. The number of rotatable bonds is 18. The lowest BCUT2D eigenvalue weighted by Crippen LogP contribution is -2.11. The van der Waals surface area contributed by atoms with Gasteiger partial charge in [-0.05, 0) is 19.8 Å². The molecular formula is C18H36O5. The highest BCUT2D eigenvalue weighted by Crippen LogP contribution is 2.05. The molecule has 0 saturated heterocycles. The Morgan fingerprint density at radius 1 is 0.652 bits per heavy atom. The number of hydrogen-bond donors (Lipinski definition) is 0. The summed E-state index contributed by atoms with van der Waals surface area (Å²) in [6.07, 6.45) is 8.36. The van der Waals surface area contributed by atoms with Crippen molar-refractivity contribution >= 4 is 5.97 Å². The van der Waals surface area contributed by atoms with Crippen molar-refractivity contribution in [3.8, 4) is 0 Å². The first kappa shape index (κ1) is 22.4. The summed E-state index contributed by atoms with van der Waals surface area (Å²) in [7, 11) is 0. The molecule has 0 aromatic rings. The maximum Gasteiger partial charge on any atom is 0.305 e. The van der Waals surface area contributed by atoms with E-state index in [2.05, 4.69) is 6.92 Å². The van der Waals surface area contributed by atoms with Gasteiger partial charge in [-0.15, -0.1) is 0 Å². The van der Waals surface area contributed by atoms with Crippen LogP contribution in [0.4, 0.5) is 0 Å². The zero-order valence-corrected chi connectivity index (χ0v) is 15.1. The highest BCUT2D eigenvalue weighted by molar-refractivity contribution is 5.69. The van der Waals surface area contributed by atoms with Crippen LogP contribution in [0.3, 0.4) is 0 Å². The quantitative estimate of drug-likeness (QED) is 0.283. The summed E-state index contributed by atoms with van der Waals surface area (Å²) in [6.45, 7) is 8.36. The van der Waals surface area contributed by atoms with Gasteiger partial charge in [0.15, 0.2) is 0 Å². The Kier molecular flexibility index (Phi) is 18.8. The van der Waals surface area contributed by atoms with Crippen molar-refractivity contribution in [2.24, 2.45) is 0 Å². The van der Waals surface area contributed by atoms with E-state index in [4.69, 9.17) is 18.9 Å². The standard InChI is InChI=1S/C18H36O5/c1-3-5-6-7-8-9-13-23-18(19)11-10-12-21-16-17-22-15-14-20-4-2/h3-17H2,1-2H3. The Bertz CT molecular complexity index is 246. The van der Waals surface area contributed by atoms with Gasteiger partial charge in [-0.2, -0.15) is 0 Å². The predicted molar refractivity (Wildman–Crippen MR) is 91.7 cm³/mol. The molecule has 0 spiro atoms. The molecule has 0 unspecified atom stereocenters. The molecule has 0 N–H and O–H groups in total. The van der Waals surface area contributed by atoms with Crippen molar-refractivity contribution in [1.82, 2.24) is 0 Å². The Labute approximate surface area is 142 Å². The molecule has 0 radical (unpaired) electrons. The van der Waals surface area contributed by atoms with Crippen LogP contribution in [0.25, 0.3) is 0 Å². The maximum atomic E-state index is 11.5. The fourth-order valence-electron chi connectivity index (χ4n) is 2.04. The van der Waals surface area contributed by atoms with Gasteiger partial charge >= 0.3 is 5.97 Å². The largest absolute Gasteiger partial charge is 0.466 e. The summed E-state index contributed by atoms with van der Waals surface area (Å²) in [4.78, 5) is 11.5. The third kappa shape index (κ3) is 19.3. The van der Waals surface area contributed by atoms with Gasteiger partial charge in [0.2, 0.25) is 0 Å². The fourth-order valence-corrected chi connectivity index (χ4v) is 2.04. The van der Waals surface area contributed by atoms with E-state index >= 15 is 0 Å². The van der Waals surface area contributed by atoms with Crippen LogP contribution in [-0.4, -0.2) is 52.2 Å². The molecule has 5 nitrogen and oxygen atoms in total. The van der Waals surface area contributed by atoms with Crippen LogP contribution >= 0.6 is 0 Å². The first-order valence-electron chi connectivity index (χ1n) is 9.20. The van der Waals surface area contributed by atoms with Gasteiger partial charge in [-0.25, -0.2) is 0 Å². The van der Waals surface area contributed by atoms with Crippen molar-refractivity contribution in [1.29, 1.82) is 0 Å². The van der Waals surface area contributed by atoms with Crippen LogP contribution < -0.4 is 0 Å². The molecular weight excluding hydrogens is 296 g/mol. The summed E-state index contributed by atoms with van der Waals surface area (Å²) in [5, 5.41) is 0. The molecule has 0 aliphatic rings. The molecule has 0 atom stereocenters. The Morgan fingerprint density at radius 2 is 1.26 bits per heavy atom. The third-order valence-electron chi connectivity index (χ3n) is 3.38. The van der Waals surface area contributed by atoms with E-state index in [0.717, 1.165) is 19.4 Å². The Morgan fingerprint density at radius 3 is 1.96 bits per heavy atom. The molecule has 0 aliphatic carbocycles. The normalized spacial score (nSPS) is 10.9. The van der Waals surface area contributed by atoms with Crippen LogP contribution in [0.15, 0.2) is 0 Å². The molecule has 138 valence electrons. The van der Waals surface area contributed by atoms with E-state index in [0.29, 0.717) is 52.5 Å². The first-order valence-corrected chi connectivity index (χ1v) is 9.20. The van der Waals surface area contributed by atoms with Crippen LogP contribution in [0, 0.1) is 0 Å². The van der Waals surface area contributed by atoms with Gasteiger partial charge in [-0.1, -0.05) is 39.0 Å². The number of hydrogen-bond acceptors (Lipinski definition) is 5. The summed E-state index contributed by atoms with van der Waals surface area (Å²) < 4.78 is 21.1. The van der Waals surface area contributed by atoms with Gasteiger partial charge < -0.3 is 18.9 Å². The van der Waals surface area contributed by atoms with Crippen LogP contribution in [0.1, 0.15) is 65.2 Å². The molecule has 0 rings (SSSR count). The summed E-state index contributed by atoms with van der Waals surface area (Å²) in [6, 6.07) is 0. The molecule has 0 aliphatic heterocycles. The predicted octanol–water partition coefficient (Wildman–Crippen LogP) is 3.74. The second kappa shape index (κ2) is 19.4. The molecule has 23 heavy (non-hydrogen) atoms. The Balaban J connectivity index is 3.13. The zero-order valence-electron chi connectivity index (χ0n) is 15.1. The average Bonchev–Trinajstić information content (AvgIpc) is 2.55. The molecule has 0 aromatic heterocycles. The molecule has 0 bridgehead atoms. The Hall–Kier alpha value is -0.650. The average molecular weight is 332 g/mol. The molecule has 0 heterocycles. The van der Waals surface area contributed by atoms with E-state index in [9.17, 15) is 4.79 Å². The molecule has 5 heteroatoms. The van der Waals surface area contributed by atoms with E-state index < -0.39 is 0 Å². The smallest absolute Gasteiger partial charge is 0.305 e. The number of esters is 1. The van der Waals surface area contributed by atoms with Crippen molar-refractivity contribution in [2.45, 2.75) is 65.2 Å². The van der Waals surface area contributed by atoms with E-state index in [1.807, 2.05) is 6.92 Å². The van der Waals surface area contributed by atoms with Crippen LogP contribution in [0.5, 0.6) is 0 Å². The topological polar surface area (TPSA) is 54.0 Å². The van der Waals surface area contributed by atoms with Crippen LogP contribution in [0.2, 0.25) is 0 Å². The minimum Gasteiger partial charge on any atom is -0.466 e. The third-order valence-corrected chi connectivity index (χ3v) is 3.38. The van der Waals surface area contributed by atoms with Gasteiger partial charge in [0, 0.05) is 19.6 Å². The second-order valence-electron chi connectivity index (χ2n) is 5.51. The van der Waals surface area contributed by atoms with Crippen molar-refractivity contribution < 1.29 is 23.7 Å².